The summed E-state index contributed by atoms with van der Waals surface area (Å²) >= 11 is 0. The second-order valence-corrected chi connectivity index (χ2v) is 2.98. The molecule has 2 rings (SSSR count). The zero-order chi connectivity index (χ0) is 8.39. The predicted molar refractivity (Wildman–Crippen MR) is 50.7 cm³/mol. The van der Waals surface area contributed by atoms with Gasteiger partial charge in [0.2, 0.25) is 0 Å². The van der Waals surface area contributed by atoms with Gasteiger partial charge in [0, 0.05) is 5.69 Å². The second kappa shape index (κ2) is 2.89. The lowest BCUT2D eigenvalue weighted by molar-refractivity contribution is 1.01. The van der Waals surface area contributed by atoms with Crippen LogP contribution < -0.4 is 11.1 Å². The van der Waals surface area contributed by atoms with Gasteiger partial charge in [0.25, 0.3) is 0 Å². The van der Waals surface area contributed by atoms with Crippen molar-refractivity contribution in [2.24, 2.45) is 5.73 Å². The highest BCUT2D eigenvalue weighted by atomic mass is 15.0. The summed E-state index contributed by atoms with van der Waals surface area (Å²) in [4.78, 5) is 0. The Morgan fingerprint density at radius 3 is 3.00 bits per heavy atom. The van der Waals surface area contributed by atoms with Gasteiger partial charge in [0.1, 0.15) is 0 Å². The molecule has 0 aliphatic carbocycles. The third-order valence-electron chi connectivity index (χ3n) is 2.07. The first-order valence-corrected chi connectivity index (χ1v) is 4.17. The summed E-state index contributed by atoms with van der Waals surface area (Å²) in [5.41, 5.74) is 8.18. The number of rotatable bonds is 0. The Morgan fingerprint density at radius 1 is 1.25 bits per heavy atom. The Morgan fingerprint density at radius 2 is 2.08 bits per heavy atom. The Kier molecular flexibility index (Phi) is 1.74. The summed E-state index contributed by atoms with van der Waals surface area (Å²) in [5, 5.41) is 3.16. The van der Waals surface area contributed by atoms with Crippen molar-refractivity contribution in [3.63, 3.8) is 0 Å². The summed E-state index contributed by atoms with van der Waals surface area (Å²) in [7, 11) is 0. The van der Waals surface area contributed by atoms with E-state index in [-0.39, 0.29) is 0 Å². The van der Waals surface area contributed by atoms with E-state index in [2.05, 4.69) is 23.5 Å². The van der Waals surface area contributed by atoms with Crippen LogP contribution in [0, 0.1) is 0 Å². The Labute approximate surface area is 72.1 Å². The van der Waals surface area contributed by atoms with Crippen molar-refractivity contribution < 1.29 is 0 Å². The van der Waals surface area contributed by atoms with Gasteiger partial charge in [-0.15, -0.1) is 0 Å². The third-order valence-corrected chi connectivity index (χ3v) is 2.07. The summed E-state index contributed by atoms with van der Waals surface area (Å²) in [6.07, 6.45) is 4.12. The average molecular weight is 160 g/mol. The molecule has 0 saturated heterocycles. The van der Waals surface area contributed by atoms with E-state index in [1.54, 1.807) is 0 Å². The predicted octanol–water partition coefficient (Wildman–Crippen LogP) is 1.84. The summed E-state index contributed by atoms with van der Waals surface area (Å²) in [6.45, 7) is 0. The van der Waals surface area contributed by atoms with Crippen molar-refractivity contribution in [1.82, 2.24) is 0 Å². The van der Waals surface area contributed by atoms with E-state index >= 15 is 0 Å². The highest BCUT2D eigenvalue weighted by Gasteiger charge is 2.04. The number of aryl methyl sites for hydroxylation is 1. The van der Waals surface area contributed by atoms with Crippen LogP contribution >= 0.6 is 0 Å². The number of allylic oxidation sites excluding steroid dienone is 1. The number of benzene rings is 1. The van der Waals surface area contributed by atoms with Crippen molar-refractivity contribution in [1.29, 1.82) is 0 Å². The van der Waals surface area contributed by atoms with Gasteiger partial charge in [-0.3, -0.25) is 0 Å². The van der Waals surface area contributed by atoms with Crippen LogP contribution in [-0.4, -0.2) is 0 Å². The van der Waals surface area contributed by atoms with Gasteiger partial charge in [0.05, 0.1) is 5.82 Å². The average Bonchev–Trinajstić information content (AvgIpc) is 2.25. The molecule has 0 fully saturated rings. The molecule has 1 aromatic carbocycles. The Hall–Kier alpha value is -1.44. The maximum absolute atomic E-state index is 5.70. The molecule has 0 spiro atoms. The van der Waals surface area contributed by atoms with Gasteiger partial charge >= 0.3 is 0 Å². The van der Waals surface area contributed by atoms with Crippen LogP contribution in [0.3, 0.4) is 0 Å². The number of nitrogens with two attached hydrogens (primary N) is 1. The molecular formula is C10H12N2. The topological polar surface area (TPSA) is 38.0 Å². The highest BCUT2D eigenvalue weighted by molar-refractivity contribution is 5.55. The van der Waals surface area contributed by atoms with Crippen LogP contribution in [-0.2, 0) is 6.42 Å². The van der Waals surface area contributed by atoms with E-state index in [0.29, 0.717) is 0 Å². The first-order chi connectivity index (χ1) is 5.86. The molecule has 3 N–H and O–H groups in total. The minimum Gasteiger partial charge on any atom is -0.386 e. The first-order valence-electron chi connectivity index (χ1n) is 4.17. The molecule has 2 heteroatoms. The molecule has 0 aromatic heterocycles. The fourth-order valence-corrected chi connectivity index (χ4v) is 1.45. The van der Waals surface area contributed by atoms with Crippen LogP contribution in [0.1, 0.15) is 12.0 Å². The van der Waals surface area contributed by atoms with E-state index in [1.165, 1.54) is 5.56 Å². The van der Waals surface area contributed by atoms with Crippen LogP contribution in [0.2, 0.25) is 0 Å². The minimum absolute atomic E-state index is 0.764. The maximum atomic E-state index is 5.70. The largest absolute Gasteiger partial charge is 0.386 e. The molecule has 0 amide bonds. The number of hydrogen-bond donors (Lipinski definition) is 2. The molecule has 1 aliphatic heterocycles. The van der Waals surface area contributed by atoms with Gasteiger partial charge < -0.3 is 11.1 Å². The molecule has 1 heterocycles. The van der Waals surface area contributed by atoms with E-state index < -0.39 is 0 Å². The van der Waals surface area contributed by atoms with E-state index in [9.17, 15) is 0 Å². The SMILES string of the molecule is NC1=CCCc2ccccc2N1. The molecule has 12 heavy (non-hydrogen) atoms. The third kappa shape index (κ3) is 1.28. The van der Waals surface area contributed by atoms with Crippen molar-refractivity contribution in [3.05, 3.63) is 41.7 Å². The number of anilines is 1. The van der Waals surface area contributed by atoms with Gasteiger partial charge in [0.15, 0.2) is 0 Å². The van der Waals surface area contributed by atoms with Gasteiger partial charge in [-0.25, -0.2) is 0 Å². The first kappa shape index (κ1) is 7.22. The van der Waals surface area contributed by atoms with E-state index in [4.69, 9.17) is 5.73 Å². The van der Waals surface area contributed by atoms with Gasteiger partial charge in [-0.2, -0.15) is 0 Å². The number of fused-ring (bicyclic) bond motifs is 1. The molecular weight excluding hydrogens is 148 g/mol. The lowest BCUT2D eigenvalue weighted by Crippen LogP contribution is -2.07. The molecule has 0 radical (unpaired) electrons. The highest BCUT2D eigenvalue weighted by Crippen LogP contribution is 2.20. The van der Waals surface area contributed by atoms with Crippen molar-refractivity contribution in [2.75, 3.05) is 5.32 Å². The van der Waals surface area contributed by atoms with Crippen LogP contribution in [0.25, 0.3) is 0 Å². The van der Waals surface area contributed by atoms with E-state index in [0.717, 1.165) is 24.4 Å². The molecule has 0 bridgehead atoms. The smallest absolute Gasteiger partial charge is 0.0963 e. The summed E-state index contributed by atoms with van der Waals surface area (Å²) in [5.74, 6) is 0.764. The molecule has 0 unspecified atom stereocenters. The van der Waals surface area contributed by atoms with Crippen molar-refractivity contribution in [2.45, 2.75) is 12.8 Å². The standard InChI is InChI=1S/C10H12N2/c11-10-7-3-5-8-4-1-2-6-9(8)12-10/h1-2,4,6-7,12H,3,5,11H2. The molecule has 0 atom stereocenters. The fraction of sp³-hybridized carbons (Fsp3) is 0.200. The summed E-state index contributed by atoms with van der Waals surface area (Å²) in [6, 6.07) is 8.27. The minimum atomic E-state index is 0.764. The number of hydrogen-bond acceptors (Lipinski definition) is 2. The maximum Gasteiger partial charge on any atom is 0.0963 e. The summed E-state index contributed by atoms with van der Waals surface area (Å²) < 4.78 is 0. The molecule has 1 aliphatic rings. The number of para-hydroxylation sites is 1. The lowest BCUT2D eigenvalue weighted by atomic mass is 10.1. The molecule has 0 saturated carbocycles. The van der Waals surface area contributed by atoms with Crippen LogP contribution in [0.4, 0.5) is 5.69 Å². The molecule has 2 nitrogen and oxygen atoms in total. The van der Waals surface area contributed by atoms with Crippen LogP contribution in [0.5, 0.6) is 0 Å². The van der Waals surface area contributed by atoms with Crippen molar-refractivity contribution in [3.8, 4) is 0 Å². The lowest BCUT2D eigenvalue weighted by Gasteiger charge is -2.07. The quantitative estimate of drug-likeness (QED) is 0.607. The Balaban J connectivity index is 2.38. The normalized spacial score (nSPS) is 15.5. The monoisotopic (exact) mass is 160 g/mol. The zero-order valence-electron chi connectivity index (χ0n) is 6.88. The van der Waals surface area contributed by atoms with Crippen LogP contribution in [0.15, 0.2) is 36.2 Å². The van der Waals surface area contributed by atoms with Crippen molar-refractivity contribution >= 4 is 5.69 Å². The van der Waals surface area contributed by atoms with Gasteiger partial charge in [-0.1, -0.05) is 18.2 Å². The Bertz CT molecular complexity index is 315. The van der Waals surface area contributed by atoms with E-state index in [1.807, 2.05) is 12.1 Å². The number of nitrogens with one attached hydrogen (secondary N) is 1. The molecule has 62 valence electrons. The zero-order valence-corrected chi connectivity index (χ0v) is 6.88. The fourth-order valence-electron chi connectivity index (χ4n) is 1.45. The molecule has 1 aromatic rings. The van der Waals surface area contributed by atoms with Gasteiger partial charge in [-0.05, 0) is 30.5 Å². The second-order valence-electron chi connectivity index (χ2n) is 2.98.